The number of hydrogen-bond donors (Lipinski definition) is 1. The quantitative estimate of drug-likeness (QED) is 0.312. The van der Waals surface area contributed by atoms with E-state index in [1.54, 1.807) is 7.11 Å². The molecule has 1 amide bonds. The van der Waals surface area contributed by atoms with Crippen LogP contribution < -0.4 is 20.1 Å². The summed E-state index contributed by atoms with van der Waals surface area (Å²) in [5.74, 6) is 4.07. The van der Waals surface area contributed by atoms with E-state index < -0.39 is 0 Å². The van der Waals surface area contributed by atoms with Crippen LogP contribution in [0, 0.1) is 11.8 Å². The maximum absolute atomic E-state index is 14.1. The van der Waals surface area contributed by atoms with Crippen LogP contribution in [0.5, 0.6) is 11.5 Å². The number of carbonyl (C=O) groups excluding carboxylic acids is 1. The van der Waals surface area contributed by atoms with E-state index >= 15 is 0 Å². The van der Waals surface area contributed by atoms with Gasteiger partial charge in [0.2, 0.25) is 5.91 Å². The minimum absolute atomic E-state index is 0.161. The van der Waals surface area contributed by atoms with Crippen molar-refractivity contribution < 1.29 is 14.3 Å². The summed E-state index contributed by atoms with van der Waals surface area (Å²) in [5.41, 5.74) is 11.8. The molecule has 1 aliphatic carbocycles. The molecule has 3 heterocycles. The summed E-state index contributed by atoms with van der Waals surface area (Å²) >= 11 is 0. The third kappa shape index (κ3) is 6.68. The summed E-state index contributed by atoms with van der Waals surface area (Å²) < 4.78 is 12.0. The molecule has 7 nitrogen and oxygen atoms in total. The number of nitrogens with two attached hydrogens (primary N) is 1. The van der Waals surface area contributed by atoms with Gasteiger partial charge in [0.1, 0.15) is 0 Å². The fourth-order valence-corrected chi connectivity index (χ4v) is 7.25. The molecule has 2 aromatic rings. The normalized spacial score (nSPS) is 25.9. The highest BCUT2D eigenvalue weighted by Gasteiger charge is 2.45. The van der Waals surface area contributed by atoms with Crippen LogP contribution in [0.3, 0.4) is 0 Å². The summed E-state index contributed by atoms with van der Waals surface area (Å²) in [7, 11) is 1.74. The van der Waals surface area contributed by atoms with Crippen molar-refractivity contribution in [1.82, 2.24) is 4.90 Å². The van der Waals surface area contributed by atoms with Gasteiger partial charge in [-0.05, 0) is 85.6 Å². The number of benzene rings is 2. The number of aliphatic imine (C=N–C) groups is 1. The number of fused-ring (bicyclic) bond motifs is 3. The Hall–Kier alpha value is -3.16. The second kappa shape index (κ2) is 13.2. The summed E-state index contributed by atoms with van der Waals surface area (Å²) in [6.45, 7) is 7.68. The number of methoxy groups -OCH3 is 1. The molecule has 2 fully saturated rings. The van der Waals surface area contributed by atoms with E-state index in [0.717, 1.165) is 81.0 Å². The summed E-state index contributed by atoms with van der Waals surface area (Å²) in [4.78, 5) is 23.2. The zero-order valence-electron chi connectivity index (χ0n) is 26.1. The summed E-state index contributed by atoms with van der Waals surface area (Å²) in [5, 5.41) is 0. The first kappa shape index (κ1) is 29.9. The van der Waals surface area contributed by atoms with Crippen LogP contribution in [-0.4, -0.2) is 56.4 Å². The molecule has 3 aliphatic heterocycles. The van der Waals surface area contributed by atoms with Gasteiger partial charge < -0.3 is 20.1 Å². The fraction of sp³-hybridized carbons (Fsp3) is 0.556. The third-order valence-electron chi connectivity index (χ3n) is 9.87. The van der Waals surface area contributed by atoms with E-state index in [1.807, 2.05) is 23.1 Å². The second-order valence-electron chi connectivity index (χ2n) is 13.1. The fourth-order valence-electron chi connectivity index (χ4n) is 7.25. The van der Waals surface area contributed by atoms with Crippen molar-refractivity contribution in [3.8, 4) is 11.5 Å². The predicted octanol–water partition coefficient (Wildman–Crippen LogP) is 6.42. The molecule has 5 atom stereocenters. The first-order chi connectivity index (χ1) is 21.0. The Morgan fingerprint density at radius 3 is 2.91 bits per heavy atom. The van der Waals surface area contributed by atoms with E-state index in [0.29, 0.717) is 42.8 Å². The number of rotatable bonds is 12. The molecule has 0 spiro atoms. The highest BCUT2D eigenvalue weighted by molar-refractivity contribution is 5.95. The van der Waals surface area contributed by atoms with E-state index in [1.165, 1.54) is 23.2 Å². The molecule has 1 saturated heterocycles. The molecule has 1 saturated carbocycles. The monoisotopic (exact) mass is 584 g/mol. The van der Waals surface area contributed by atoms with Crippen LogP contribution in [0.15, 0.2) is 53.2 Å². The van der Waals surface area contributed by atoms with Gasteiger partial charge in [0, 0.05) is 54.8 Å². The number of allylic oxidation sites excluding steroid dienone is 2. The Balaban J connectivity index is 1.24. The van der Waals surface area contributed by atoms with Crippen molar-refractivity contribution in [3.63, 3.8) is 0 Å². The third-order valence-corrected chi connectivity index (χ3v) is 9.87. The summed E-state index contributed by atoms with van der Waals surface area (Å²) in [6, 6.07) is 13.0. The molecule has 43 heavy (non-hydrogen) atoms. The Kier molecular flexibility index (Phi) is 9.20. The Morgan fingerprint density at radius 1 is 1.23 bits per heavy atom. The molecule has 2 aromatic carbocycles. The molecule has 3 unspecified atom stereocenters. The van der Waals surface area contributed by atoms with Crippen LogP contribution in [0.25, 0.3) is 0 Å². The van der Waals surface area contributed by atoms with Gasteiger partial charge in [-0.1, -0.05) is 44.5 Å². The number of nitrogens with zero attached hydrogens (tertiary/aromatic N) is 3. The Labute approximate surface area is 257 Å². The average molecular weight is 585 g/mol. The zero-order valence-corrected chi connectivity index (χ0v) is 26.1. The van der Waals surface area contributed by atoms with Crippen molar-refractivity contribution >= 4 is 17.8 Å². The minimum Gasteiger partial charge on any atom is -0.493 e. The van der Waals surface area contributed by atoms with E-state index in [-0.39, 0.29) is 5.91 Å². The molecule has 4 aliphatic rings. The lowest BCUT2D eigenvalue weighted by molar-refractivity contribution is -0.120. The maximum Gasteiger partial charge on any atom is 0.241 e. The lowest BCUT2D eigenvalue weighted by Gasteiger charge is -2.29. The summed E-state index contributed by atoms with van der Waals surface area (Å²) in [6.07, 6.45) is 11.6. The van der Waals surface area contributed by atoms with Gasteiger partial charge in [-0.2, -0.15) is 0 Å². The van der Waals surface area contributed by atoms with Crippen LogP contribution in [-0.2, 0) is 11.3 Å². The van der Waals surface area contributed by atoms with Gasteiger partial charge in [0.25, 0.3) is 0 Å². The SMILES string of the molecule is CCCCN(C(=O)CN1C[C@H](c2cc(OC)c3c(c2)C2CC2CO3)C[C@@H]1CCC1=CC(C)CC=N1)c1cccc(CN)c1. The number of carbonyl (C=O) groups is 1. The maximum atomic E-state index is 14.1. The average Bonchev–Trinajstić information content (AvgIpc) is 3.73. The first-order valence-electron chi connectivity index (χ1n) is 16.4. The van der Waals surface area contributed by atoms with E-state index in [4.69, 9.17) is 20.2 Å². The molecular weight excluding hydrogens is 536 g/mol. The molecule has 0 radical (unpaired) electrons. The van der Waals surface area contributed by atoms with Crippen molar-refractivity contribution in [1.29, 1.82) is 0 Å². The number of hydrogen-bond acceptors (Lipinski definition) is 6. The van der Waals surface area contributed by atoms with Crippen molar-refractivity contribution in [2.24, 2.45) is 22.6 Å². The number of amides is 1. The van der Waals surface area contributed by atoms with Crippen LogP contribution in [0.1, 0.15) is 87.3 Å². The Morgan fingerprint density at radius 2 is 2.12 bits per heavy atom. The van der Waals surface area contributed by atoms with Gasteiger partial charge >= 0.3 is 0 Å². The topological polar surface area (TPSA) is 80.4 Å². The molecule has 7 heteroatoms. The van der Waals surface area contributed by atoms with Crippen LogP contribution in [0.2, 0.25) is 0 Å². The highest BCUT2D eigenvalue weighted by atomic mass is 16.5. The Bertz CT molecular complexity index is 1370. The van der Waals surface area contributed by atoms with E-state index in [9.17, 15) is 4.79 Å². The molecule has 2 N–H and O–H groups in total. The standard InChI is InChI=1S/C36H48N4O3/c1-4-5-13-40(31-8-6-7-25(15-31)20-37)35(41)22-39-21-27(16-30(39)10-9-29-14-24(2)11-12-38-29)26-17-33-32-18-28(32)23-43-36(33)34(19-26)42-3/h6-8,12,14-15,17,19,24,27-28,30,32H,4-5,9-11,13,16,18,20-23,37H2,1-3H3/t24?,27-,28?,30+,32?/m1/s1. The van der Waals surface area contributed by atoms with Crippen molar-refractivity contribution in [2.75, 3.05) is 38.3 Å². The molecular formula is C36H48N4O3. The number of anilines is 1. The number of ether oxygens (including phenoxy) is 2. The molecule has 6 rings (SSSR count). The van der Waals surface area contributed by atoms with Gasteiger partial charge in [-0.15, -0.1) is 0 Å². The van der Waals surface area contributed by atoms with Crippen molar-refractivity contribution in [2.45, 2.75) is 83.2 Å². The van der Waals surface area contributed by atoms with Gasteiger partial charge in [-0.3, -0.25) is 14.7 Å². The van der Waals surface area contributed by atoms with Crippen molar-refractivity contribution in [3.05, 3.63) is 64.9 Å². The lowest BCUT2D eigenvalue weighted by Crippen LogP contribution is -2.43. The largest absolute Gasteiger partial charge is 0.493 e. The van der Waals surface area contributed by atoms with E-state index in [2.05, 4.69) is 49.2 Å². The second-order valence-corrected chi connectivity index (χ2v) is 13.1. The highest BCUT2D eigenvalue weighted by Crippen LogP contribution is 2.57. The molecule has 230 valence electrons. The smallest absolute Gasteiger partial charge is 0.241 e. The number of unbranched alkanes of at least 4 members (excludes halogenated alkanes) is 1. The predicted molar refractivity (Wildman–Crippen MR) is 173 cm³/mol. The number of likely N-dealkylation sites (tertiary alicyclic amines) is 1. The zero-order chi connectivity index (χ0) is 29.9. The lowest BCUT2D eigenvalue weighted by atomic mass is 9.91. The van der Waals surface area contributed by atoms with Gasteiger partial charge in [0.05, 0.1) is 20.3 Å². The van der Waals surface area contributed by atoms with Gasteiger partial charge in [0.15, 0.2) is 11.5 Å². The minimum atomic E-state index is 0.161. The van der Waals surface area contributed by atoms with Gasteiger partial charge in [-0.25, -0.2) is 0 Å². The first-order valence-corrected chi connectivity index (χ1v) is 16.4. The molecule has 0 bridgehead atoms. The molecule has 0 aromatic heterocycles. The van der Waals surface area contributed by atoms with Crippen LogP contribution in [0.4, 0.5) is 5.69 Å². The van der Waals surface area contributed by atoms with Crippen LogP contribution >= 0.6 is 0 Å².